The Balaban J connectivity index is 1.29. The predicted molar refractivity (Wildman–Crippen MR) is 167 cm³/mol. The highest BCUT2D eigenvalue weighted by atomic mass is 35.5. The Morgan fingerprint density at radius 1 is 1.07 bits per heavy atom. The number of hydrogen-bond acceptors (Lipinski definition) is 5. The molecule has 1 heterocycles. The molecule has 0 bridgehead atoms. The highest BCUT2D eigenvalue weighted by molar-refractivity contribution is 7.99. The van der Waals surface area contributed by atoms with Crippen LogP contribution in [0.25, 0.3) is 23.1 Å². The monoisotopic (exact) mass is 585 g/mol. The third-order valence-corrected chi connectivity index (χ3v) is 9.22. The molecule has 1 aromatic heterocycles. The lowest BCUT2D eigenvalue weighted by Gasteiger charge is -2.18. The van der Waals surface area contributed by atoms with Gasteiger partial charge in [0, 0.05) is 22.1 Å². The Labute approximate surface area is 249 Å². The van der Waals surface area contributed by atoms with Crippen molar-refractivity contribution in [2.75, 3.05) is 12.9 Å². The second kappa shape index (κ2) is 13.4. The molecule has 2 unspecified atom stereocenters. The molecule has 0 spiro atoms. The molecule has 4 aromatic rings. The van der Waals surface area contributed by atoms with E-state index in [1.807, 2.05) is 66.4 Å². The molecule has 0 aliphatic heterocycles. The third kappa shape index (κ3) is 7.57. The average molecular weight is 586 g/mol. The number of carbonyl (C=O) groups is 2. The van der Waals surface area contributed by atoms with Crippen LogP contribution < -0.4 is 0 Å². The first-order chi connectivity index (χ1) is 19.9. The SMILES string of the molecule is COC(=O)c1ccccc1CCCS[C@@H](c1cccc(C=Cc2ccc3ccc(Cl)cc3n2)c1)C1CC1CC(=O)O. The van der Waals surface area contributed by atoms with Crippen LogP contribution in [0.5, 0.6) is 0 Å². The number of carboxylic acid groups (broad SMARTS) is 1. The van der Waals surface area contributed by atoms with Gasteiger partial charge in [-0.1, -0.05) is 72.3 Å². The predicted octanol–water partition coefficient (Wildman–Crippen LogP) is 8.36. The molecule has 1 fully saturated rings. The molecule has 5 rings (SSSR count). The molecule has 3 aromatic carbocycles. The number of aromatic nitrogens is 1. The smallest absolute Gasteiger partial charge is 0.338 e. The van der Waals surface area contributed by atoms with E-state index in [9.17, 15) is 14.7 Å². The Hall–Kier alpha value is -3.61. The molecule has 0 saturated heterocycles. The van der Waals surface area contributed by atoms with E-state index in [0.29, 0.717) is 16.5 Å². The Bertz CT molecular complexity index is 1590. The van der Waals surface area contributed by atoms with Gasteiger partial charge in [0.15, 0.2) is 0 Å². The van der Waals surface area contributed by atoms with Crippen molar-refractivity contribution in [2.45, 2.75) is 30.9 Å². The minimum atomic E-state index is -0.735. The summed E-state index contributed by atoms with van der Waals surface area (Å²) in [4.78, 5) is 28.3. The minimum absolute atomic E-state index is 0.206. The second-order valence-electron chi connectivity index (χ2n) is 10.4. The van der Waals surface area contributed by atoms with E-state index in [4.69, 9.17) is 21.3 Å². The van der Waals surface area contributed by atoms with Gasteiger partial charge in [0.25, 0.3) is 0 Å². The number of methoxy groups -OCH3 is 1. The molecule has 0 radical (unpaired) electrons. The first-order valence-corrected chi connectivity index (χ1v) is 15.2. The summed E-state index contributed by atoms with van der Waals surface area (Å²) in [5.74, 6) is 0.400. The fourth-order valence-corrected chi connectivity index (χ4v) is 6.96. The fourth-order valence-electron chi connectivity index (χ4n) is 5.31. The van der Waals surface area contributed by atoms with E-state index < -0.39 is 5.97 Å². The van der Waals surface area contributed by atoms with Crippen LogP contribution in [-0.4, -0.2) is 34.9 Å². The second-order valence-corrected chi connectivity index (χ2v) is 12.1. The number of aliphatic carboxylic acids is 1. The summed E-state index contributed by atoms with van der Waals surface area (Å²) >= 11 is 8.03. The van der Waals surface area contributed by atoms with E-state index in [1.54, 1.807) is 6.07 Å². The largest absolute Gasteiger partial charge is 0.481 e. The molecule has 1 N–H and O–H groups in total. The number of pyridine rings is 1. The number of carbonyl (C=O) groups excluding carboxylic acids is 1. The summed E-state index contributed by atoms with van der Waals surface area (Å²) in [6, 6.07) is 25.8. The van der Waals surface area contributed by atoms with Gasteiger partial charge in [-0.05, 0) is 83.9 Å². The summed E-state index contributed by atoms with van der Waals surface area (Å²) in [6.07, 6.45) is 6.90. The van der Waals surface area contributed by atoms with Crippen LogP contribution in [-0.2, 0) is 16.0 Å². The number of carboxylic acids is 1. The summed E-state index contributed by atoms with van der Waals surface area (Å²) in [7, 11) is 1.40. The van der Waals surface area contributed by atoms with Crippen molar-refractivity contribution >= 4 is 58.4 Å². The Morgan fingerprint density at radius 3 is 2.73 bits per heavy atom. The van der Waals surface area contributed by atoms with Crippen LogP contribution >= 0.6 is 23.4 Å². The Morgan fingerprint density at radius 2 is 1.90 bits per heavy atom. The maximum atomic E-state index is 12.1. The highest BCUT2D eigenvalue weighted by Crippen LogP contribution is 2.55. The molecule has 41 heavy (non-hydrogen) atoms. The zero-order valence-corrected chi connectivity index (χ0v) is 24.4. The number of aryl methyl sites for hydroxylation is 1. The summed E-state index contributed by atoms with van der Waals surface area (Å²) in [5, 5.41) is 11.3. The quantitative estimate of drug-likeness (QED) is 0.133. The van der Waals surface area contributed by atoms with Crippen molar-refractivity contribution in [1.29, 1.82) is 0 Å². The van der Waals surface area contributed by atoms with Crippen LogP contribution in [0.3, 0.4) is 0 Å². The topological polar surface area (TPSA) is 76.5 Å². The van der Waals surface area contributed by atoms with Crippen molar-refractivity contribution in [2.24, 2.45) is 11.8 Å². The molecule has 1 aliphatic carbocycles. The van der Waals surface area contributed by atoms with E-state index >= 15 is 0 Å². The molecule has 7 heteroatoms. The van der Waals surface area contributed by atoms with Crippen molar-refractivity contribution in [3.63, 3.8) is 0 Å². The van der Waals surface area contributed by atoms with Gasteiger partial charge in [0.1, 0.15) is 0 Å². The lowest BCUT2D eigenvalue weighted by molar-refractivity contribution is -0.137. The summed E-state index contributed by atoms with van der Waals surface area (Å²) in [6.45, 7) is 0. The van der Waals surface area contributed by atoms with Crippen molar-refractivity contribution in [3.8, 4) is 0 Å². The zero-order chi connectivity index (χ0) is 28.8. The minimum Gasteiger partial charge on any atom is -0.481 e. The highest BCUT2D eigenvalue weighted by Gasteiger charge is 2.44. The number of hydrogen-bond donors (Lipinski definition) is 1. The number of esters is 1. The number of benzene rings is 3. The lowest BCUT2D eigenvalue weighted by Crippen LogP contribution is -2.06. The van der Waals surface area contributed by atoms with Crippen molar-refractivity contribution in [3.05, 3.63) is 112 Å². The van der Waals surface area contributed by atoms with Gasteiger partial charge < -0.3 is 9.84 Å². The molecule has 1 saturated carbocycles. The normalized spacial score (nSPS) is 17.0. The van der Waals surface area contributed by atoms with Gasteiger partial charge in [0.05, 0.1) is 23.9 Å². The van der Waals surface area contributed by atoms with Crippen LogP contribution in [0.4, 0.5) is 0 Å². The first-order valence-electron chi connectivity index (χ1n) is 13.8. The molecular formula is C34H32ClNO4S. The maximum absolute atomic E-state index is 12.1. The van der Waals surface area contributed by atoms with Gasteiger partial charge in [-0.2, -0.15) is 11.8 Å². The fraction of sp³-hybridized carbons (Fsp3) is 0.265. The van der Waals surface area contributed by atoms with Gasteiger partial charge in [0.2, 0.25) is 0 Å². The summed E-state index contributed by atoms with van der Waals surface area (Å²) < 4.78 is 4.94. The standard InChI is InChI=1S/C34H32ClNO4S/c1-40-34(39)29-10-3-2-7-23(29)9-5-17-41-33(30-19-26(30)20-32(37)38)25-8-4-6-22(18-25)11-15-28-16-13-24-12-14-27(35)21-31(24)36-28/h2-4,6-8,10-16,18,21,26,30,33H,5,9,17,19-20H2,1H3,(H,37,38)/t26?,30?,33-/m0/s1. The molecule has 1 aliphatic rings. The van der Waals surface area contributed by atoms with Crippen LogP contribution in [0.2, 0.25) is 5.02 Å². The molecule has 210 valence electrons. The van der Waals surface area contributed by atoms with Crippen LogP contribution in [0, 0.1) is 11.8 Å². The molecule has 0 amide bonds. The number of fused-ring (bicyclic) bond motifs is 1. The lowest BCUT2D eigenvalue weighted by atomic mass is 10.0. The van der Waals surface area contributed by atoms with E-state index in [1.165, 1.54) is 12.7 Å². The first kappa shape index (κ1) is 28.9. The average Bonchev–Trinajstić information content (AvgIpc) is 3.73. The third-order valence-electron chi connectivity index (χ3n) is 7.47. The zero-order valence-electron chi connectivity index (χ0n) is 22.8. The molecular weight excluding hydrogens is 554 g/mol. The van der Waals surface area contributed by atoms with E-state index in [-0.39, 0.29) is 23.6 Å². The molecule has 5 nitrogen and oxygen atoms in total. The van der Waals surface area contributed by atoms with Crippen molar-refractivity contribution in [1.82, 2.24) is 4.98 Å². The van der Waals surface area contributed by atoms with E-state index in [0.717, 1.165) is 52.7 Å². The van der Waals surface area contributed by atoms with Gasteiger partial charge >= 0.3 is 11.9 Å². The van der Waals surface area contributed by atoms with Crippen LogP contribution in [0.1, 0.15) is 57.3 Å². The van der Waals surface area contributed by atoms with Gasteiger partial charge in [-0.3, -0.25) is 4.79 Å². The number of ether oxygens (including phenoxy) is 1. The summed E-state index contributed by atoms with van der Waals surface area (Å²) in [5.41, 5.74) is 5.60. The Kier molecular flexibility index (Phi) is 9.42. The van der Waals surface area contributed by atoms with Gasteiger partial charge in [-0.25, -0.2) is 9.78 Å². The number of nitrogens with zero attached hydrogens (tertiary/aromatic N) is 1. The van der Waals surface area contributed by atoms with Gasteiger partial charge in [-0.15, -0.1) is 0 Å². The molecule has 3 atom stereocenters. The van der Waals surface area contributed by atoms with Crippen LogP contribution in [0.15, 0.2) is 78.9 Å². The number of rotatable bonds is 12. The number of halogens is 1. The number of thioether (sulfide) groups is 1. The van der Waals surface area contributed by atoms with Crippen molar-refractivity contribution < 1.29 is 19.4 Å². The van der Waals surface area contributed by atoms with E-state index in [2.05, 4.69) is 30.3 Å². The maximum Gasteiger partial charge on any atom is 0.338 e.